The molecule has 0 radical (unpaired) electrons. The zero-order valence-electron chi connectivity index (χ0n) is 10.5. The highest BCUT2D eigenvalue weighted by molar-refractivity contribution is 9.10. The Morgan fingerprint density at radius 2 is 2.17 bits per heavy atom. The van der Waals surface area contributed by atoms with Crippen LogP contribution in [-0.4, -0.2) is 26.3 Å². The second kappa shape index (κ2) is 6.41. The van der Waals surface area contributed by atoms with Crippen LogP contribution in [0.25, 0.3) is 0 Å². The molecule has 1 aliphatic rings. The van der Waals surface area contributed by atoms with Crippen LogP contribution in [-0.2, 0) is 0 Å². The fourth-order valence-corrected chi connectivity index (χ4v) is 2.61. The van der Waals surface area contributed by atoms with Gasteiger partial charge in [-0.15, -0.1) is 0 Å². The lowest BCUT2D eigenvalue weighted by Gasteiger charge is -2.19. The molecule has 0 saturated carbocycles. The van der Waals surface area contributed by atoms with Gasteiger partial charge in [0.25, 0.3) is 0 Å². The summed E-state index contributed by atoms with van der Waals surface area (Å²) in [5.74, 6) is 1.59. The quantitative estimate of drug-likeness (QED) is 0.894. The molecular weight excluding hydrogens is 296 g/mol. The molecule has 18 heavy (non-hydrogen) atoms. The molecule has 4 nitrogen and oxygen atoms in total. The van der Waals surface area contributed by atoms with E-state index in [1.165, 1.54) is 0 Å². The molecule has 0 aliphatic carbocycles. The van der Waals surface area contributed by atoms with Gasteiger partial charge in [0.15, 0.2) is 11.5 Å². The highest BCUT2D eigenvalue weighted by atomic mass is 79.9. The average Bonchev–Trinajstić information content (AvgIpc) is 2.61. The molecule has 0 fully saturated rings. The SMILES string of the molecule is CCNC(CN)c1cc(Br)c2c(c1)OCCCO2. The standard InChI is InChI=1S/C13H19BrN2O2/c1-2-16-11(8-15)9-6-10(14)13-12(7-9)17-4-3-5-18-13/h6-7,11,16H,2-5,8,15H2,1H3. The maximum atomic E-state index is 5.80. The number of nitrogens with two attached hydrogens (primary N) is 1. The van der Waals surface area contributed by atoms with Gasteiger partial charge in [-0.25, -0.2) is 0 Å². The van der Waals surface area contributed by atoms with Gasteiger partial charge in [-0.1, -0.05) is 6.92 Å². The Kier molecular flexibility index (Phi) is 4.86. The Hall–Kier alpha value is -0.780. The van der Waals surface area contributed by atoms with Gasteiger partial charge in [0, 0.05) is 19.0 Å². The summed E-state index contributed by atoms with van der Waals surface area (Å²) in [7, 11) is 0. The topological polar surface area (TPSA) is 56.5 Å². The first-order chi connectivity index (χ1) is 8.76. The molecule has 3 N–H and O–H groups in total. The van der Waals surface area contributed by atoms with Crippen molar-refractivity contribution in [3.63, 3.8) is 0 Å². The van der Waals surface area contributed by atoms with Gasteiger partial charge in [0.2, 0.25) is 0 Å². The molecule has 1 atom stereocenters. The van der Waals surface area contributed by atoms with Crippen molar-refractivity contribution in [3.05, 3.63) is 22.2 Å². The molecular formula is C13H19BrN2O2. The summed E-state index contributed by atoms with van der Waals surface area (Å²) in [5.41, 5.74) is 6.92. The van der Waals surface area contributed by atoms with Gasteiger partial charge in [-0.2, -0.15) is 0 Å². The molecule has 0 saturated heterocycles. The third-order valence-corrected chi connectivity index (χ3v) is 3.50. The predicted octanol–water partition coefficient (Wildman–Crippen LogP) is 2.22. The van der Waals surface area contributed by atoms with Crippen LogP contribution in [0.15, 0.2) is 16.6 Å². The van der Waals surface area contributed by atoms with E-state index in [0.717, 1.165) is 34.5 Å². The molecule has 0 amide bonds. The van der Waals surface area contributed by atoms with E-state index < -0.39 is 0 Å². The third-order valence-electron chi connectivity index (χ3n) is 2.91. The summed E-state index contributed by atoms with van der Waals surface area (Å²) in [6.07, 6.45) is 0.907. The zero-order valence-corrected chi connectivity index (χ0v) is 12.1. The second-order valence-electron chi connectivity index (χ2n) is 4.23. The molecule has 5 heteroatoms. The number of ether oxygens (including phenoxy) is 2. The molecule has 2 rings (SSSR count). The van der Waals surface area contributed by atoms with E-state index in [4.69, 9.17) is 15.2 Å². The van der Waals surface area contributed by atoms with Crippen molar-refractivity contribution in [3.8, 4) is 11.5 Å². The van der Waals surface area contributed by atoms with Crippen LogP contribution in [0.4, 0.5) is 0 Å². The van der Waals surface area contributed by atoms with E-state index in [1.54, 1.807) is 0 Å². The van der Waals surface area contributed by atoms with Crippen LogP contribution in [0.3, 0.4) is 0 Å². The summed E-state index contributed by atoms with van der Waals surface area (Å²) in [6.45, 7) is 4.89. The summed E-state index contributed by atoms with van der Waals surface area (Å²) >= 11 is 3.54. The Morgan fingerprint density at radius 1 is 1.39 bits per heavy atom. The second-order valence-corrected chi connectivity index (χ2v) is 5.08. The van der Waals surface area contributed by atoms with Crippen LogP contribution < -0.4 is 20.5 Å². The van der Waals surface area contributed by atoms with E-state index >= 15 is 0 Å². The van der Waals surface area contributed by atoms with E-state index in [-0.39, 0.29) is 6.04 Å². The predicted molar refractivity (Wildman–Crippen MR) is 75.2 cm³/mol. The van der Waals surface area contributed by atoms with Gasteiger partial charge in [0.1, 0.15) is 0 Å². The first kappa shape index (κ1) is 13.6. The van der Waals surface area contributed by atoms with Crippen molar-refractivity contribution in [1.82, 2.24) is 5.32 Å². The lowest BCUT2D eigenvalue weighted by molar-refractivity contribution is 0.296. The number of nitrogens with one attached hydrogen (secondary N) is 1. The molecule has 1 heterocycles. The largest absolute Gasteiger partial charge is 0.490 e. The van der Waals surface area contributed by atoms with E-state index in [9.17, 15) is 0 Å². The van der Waals surface area contributed by atoms with Gasteiger partial charge in [-0.05, 0) is 40.2 Å². The minimum atomic E-state index is 0.142. The van der Waals surface area contributed by atoms with Crippen molar-refractivity contribution in [1.29, 1.82) is 0 Å². The average molecular weight is 315 g/mol. The van der Waals surface area contributed by atoms with Crippen molar-refractivity contribution < 1.29 is 9.47 Å². The zero-order chi connectivity index (χ0) is 13.0. The molecule has 100 valence electrons. The van der Waals surface area contributed by atoms with Crippen LogP contribution in [0.5, 0.6) is 11.5 Å². The molecule has 1 aromatic carbocycles. The fourth-order valence-electron chi connectivity index (χ4n) is 2.04. The number of rotatable bonds is 4. The molecule has 1 unspecified atom stereocenters. The molecule has 0 aromatic heterocycles. The van der Waals surface area contributed by atoms with Crippen molar-refractivity contribution in [2.75, 3.05) is 26.3 Å². The molecule has 1 aromatic rings. The van der Waals surface area contributed by atoms with E-state index in [0.29, 0.717) is 19.8 Å². The van der Waals surface area contributed by atoms with Gasteiger partial charge < -0.3 is 20.5 Å². The minimum absolute atomic E-state index is 0.142. The van der Waals surface area contributed by atoms with Crippen LogP contribution in [0.2, 0.25) is 0 Å². The minimum Gasteiger partial charge on any atom is -0.490 e. The summed E-state index contributed by atoms with van der Waals surface area (Å²) in [6, 6.07) is 4.21. The monoisotopic (exact) mass is 314 g/mol. The molecule has 1 aliphatic heterocycles. The Bertz CT molecular complexity index is 412. The van der Waals surface area contributed by atoms with Crippen LogP contribution in [0.1, 0.15) is 24.9 Å². The maximum Gasteiger partial charge on any atom is 0.175 e. The van der Waals surface area contributed by atoms with Gasteiger partial charge >= 0.3 is 0 Å². The summed E-state index contributed by atoms with van der Waals surface area (Å²) < 4.78 is 12.3. The Labute approximate surface area is 116 Å². The fraction of sp³-hybridized carbons (Fsp3) is 0.538. The lowest BCUT2D eigenvalue weighted by atomic mass is 10.1. The number of halogens is 1. The first-order valence-corrected chi connectivity index (χ1v) is 7.08. The van der Waals surface area contributed by atoms with E-state index in [1.807, 2.05) is 12.1 Å². The first-order valence-electron chi connectivity index (χ1n) is 6.28. The summed E-state index contributed by atoms with van der Waals surface area (Å²) in [5, 5.41) is 3.36. The lowest BCUT2D eigenvalue weighted by Crippen LogP contribution is -2.28. The van der Waals surface area contributed by atoms with Crippen molar-refractivity contribution in [2.45, 2.75) is 19.4 Å². The third kappa shape index (κ3) is 2.96. The van der Waals surface area contributed by atoms with Gasteiger partial charge in [0.05, 0.1) is 17.7 Å². The number of benzene rings is 1. The number of fused-ring (bicyclic) bond motifs is 1. The Morgan fingerprint density at radius 3 is 2.89 bits per heavy atom. The number of hydrogen-bond donors (Lipinski definition) is 2. The maximum absolute atomic E-state index is 5.80. The molecule has 0 bridgehead atoms. The smallest absolute Gasteiger partial charge is 0.175 e. The molecule has 0 spiro atoms. The number of hydrogen-bond acceptors (Lipinski definition) is 4. The Balaban J connectivity index is 2.33. The number of likely N-dealkylation sites (N-methyl/N-ethyl adjacent to an activating group) is 1. The highest BCUT2D eigenvalue weighted by Gasteiger charge is 2.18. The van der Waals surface area contributed by atoms with Crippen LogP contribution >= 0.6 is 15.9 Å². The van der Waals surface area contributed by atoms with Gasteiger partial charge in [-0.3, -0.25) is 0 Å². The summed E-state index contributed by atoms with van der Waals surface area (Å²) in [4.78, 5) is 0. The normalized spacial score (nSPS) is 16.2. The van der Waals surface area contributed by atoms with E-state index in [2.05, 4.69) is 28.2 Å². The highest BCUT2D eigenvalue weighted by Crippen LogP contribution is 2.39. The van der Waals surface area contributed by atoms with Crippen LogP contribution in [0, 0.1) is 0 Å². The van der Waals surface area contributed by atoms with Crippen molar-refractivity contribution >= 4 is 15.9 Å². The van der Waals surface area contributed by atoms with Crippen molar-refractivity contribution in [2.24, 2.45) is 5.73 Å².